The number of hydrazone groups is 1. The molecule has 0 unspecified atom stereocenters. The molecule has 1 aromatic carbocycles. The third kappa shape index (κ3) is 4.85. The minimum Gasteiger partial charge on any atom is -0.326 e. The molecule has 0 spiro atoms. The van der Waals surface area contributed by atoms with E-state index < -0.39 is 5.25 Å². The van der Waals surface area contributed by atoms with Gasteiger partial charge in [0.15, 0.2) is 5.17 Å². The summed E-state index contributed by atoms with van der Waals surface area (Å²) in [6.07, 6.45) is 0.0932. The van der Waals surface area contributed by atoms with Crippen LogP contribution in [-0.4, -0.2) is 22.2 Å². The van der Waals surface area contributed by atoms with Crippen molar-refractivity contribution in [1.29, 1.82) is 0 Å². The number of nitrogens with zero attached hydrogens (tertiary/aromatic N) is 1. The lowest BCUT2D eigenvalue weighted by molar-refractivity contribution is -0.122. The fourth-order valence-electron chi connectivity index (χ4n) is 2.06. The Kier molecular flexibility index (Phi) is 5.44. The van der Waals surface area contributed by atoms with Crippen molar-refractivity contribution in [3.63, 3.8) is 0 Å². The van der Waals surface area contributed by atoms with Crippen molar-refractivity contribution in [1.82, 2.24) is 10.7 Å². The van der Waals surface area contributed by atoms with Gasteiger partial charge in [-0.2, -0.15) is 5.10 Å². The smallest absolute Gasteiger partial charge is 0.240 e. The van der Waals surface area contributed by atoms with E-state index >= 15 is 0 Å². The number of anilines is 1. The van der Waals surface area contributed by atoms with Crippen molar-refractivity contribution in [2.24, 2.45) is 5.10 Å². The predicted molar refractivity (Wildman–Crippen MR) is 94.1 cm³/mol. The molecule has 1 aliphatic heterocycles. The topological polar surface area (TPSA) is 82.6 Å². The Morgan fingerprint density at radius 1 is 1.43 bits per heavy atom. The number of nitrogens with one attached hydrogen (secondary N) is 3. The van der Waals surface area contributed by atoms with Crippen molar-refractivity contribution in [3.8, 4) is 0 Å². The Bertz CT molecular complexity index is 685. The number of carbonyl (C=O) groups is 2. The summed E-state index contributed by atoms with van der Waals surface area (Å²) in [4.78, 5) is 24.0. The summed E-state index contributed by atoms with van der Waals surface area (Å²) in [7, 11) is 0. The lowest BCUT2D eigenvalue weighted by Crippen LogP contribution is -2.28. The number of benzene rings is 1. The molecule has 1 heterocycles. The van der Waals surface area contributed by atoms with Gasteiger partial charge in [0.05, 0.1) is 0 Å². The van der Waals surface area contributed by atoms with Crippen molar-refractivity contribution in [3.05, 3.63) is 41.6 Å². The average molecular weight is 332 g/mol. The van der Waals surface area contributed by atoms with Crippen LogP contribution in [0.4, 0.5) is 5.69 Å². The zero-order valence-electron chi connectivity index (χ0n) is 13.4. The van der Waals surface area contributed by atoms with E-state index in [0.29, 0.717) is 10.9 Å². The van der Waals surface area contributed by atoms with Gasteiger partial charge in [-0.05, 0) is 32.4 Å². The molecule has 2 amide bonds. The van der Waals surface area contributed by atoms with Gasteiger partial charge in [-0.3, -0.25) is 15.0 Å². The molecule has 0 saturated carbocycles. The summed E-state index contributed by atoms with van der Waals surface area (Å²) in [6, 6.07) is 5.81. The van der Waals surface area contributed by atoms with Crippen LogP contribution in [0.3, 0.4) is 0 Å². The maximum absolute atomic E-state index is 12.1. The molecule has 0 radical (unpaired) electrons. The van der Waals surface area contributed by atoms with Gasteiger partial charge in [0.1, 0.15) is 5.25 Å². The van der Waals surface area contributed by atoms with Gasteiger partial charge in [0.25, 0.3) is 0 Å². The van der Waals surface area contributed by atoms with E-state index in [9.17, 15) is 9.59 Å². The number of amides is 2. The summed E-state index contributed by atoms with van der Waals surface area (Å²) in [5.74, 6) is -0.410. The predicted octanol–water partition coefficient (Wildman–Crippen LogP) is 2.26. The molecule has 7 heteroatoms. The van der Waals surface area contributed by atoms with Crippen LogP contribution in [0, 0.1) is 13.8 Å². The van der Waals surface area contributed by atoms with Gasteiger partial charge in [-0.1, -0.05) is 36.0 Å². The largest absolute Gasteiger partial charge is 0.326 e. The normalized spacial score (nSPS) is 18.7. The molecule has 3 N–H and O–H groups in total. The van der Waals surface area contributed by atoms with Crippen molar-refractivity contribution >= 4 is 34.4 Å². The van der Waals surface area contributed by atoms with Gasteiger partial charge in [0, 0.05) is 17.8 Å². The van der Waals surface area contributed by atoms with Crippen molar-refractivity contribution in [2.45, 2.75) is 32.4 Å². The highest BCUT2D eigenvalue weighted by atomic mass is 32.2. The minimum absolute atomic E-state index is 0.0932. The first-order valence-electron chi connectivity index (χ1n) is 7.19. The van der Waals surface area contributed by atoms with Crippen LogP contribution in [-0.2, 0) is 9.59 Å². The molecule has 1 fully saturated rings. The molecule has 0 bridgehead atoms. The minimum atomic E-state index is -0.480. The standard InChI is InChI=1S/C16H20N4O2S/c1-9(2)19-20-16-18-15(22)13(23-16)8-14(21)17-12-6-5-10(3)7-11(12)4/h5-7,13,19H,1,8H2,2-4H3,(H,17,21)(H,18,20,22)/t13-/m0/s1. The maximum Gasteiger partial charge on any atom is 0.240 e. The number of hydrogen-bond acceptors (Lipinski definition) is 5. The average Bonchev–Trinajstić information content (AvgIpc) is 2.80. The Balaban J connectivity index is 1.94. The van der Waals surface area contributed by atoms with E-state index in [1.165, 1.54) is 11.8 Å². The van der Waals surface area contributed by atoms with Gasteiger partial charge in [0.2, 0.25) is 11.8 Å². The van der Waals surface area contributed by atoms with Crippen molar-refractivity contribution in [2.75, 3.05) is 5.32 Å². The van der Waals surface area contributed by atoms with Crippen LogP contribution in [0.25, 0.3) is 0 Å². The second-order valence-corrected chi connectivity index (χ2v) is 6.67. The highest BCUT2D eigenvalue weighted by Crippen LogP contribution is 2.23. The lowest BCUT2D eigenvalue weighted by atomic mass is 10.1. The summed E-state index contributed by atoms with van der Waals surface area (Å²) in [5.41, 5.74) is 6.26. The van der Waals surface area contributed by atoms with Gasteiger partial charge >= 0.3 is 0 Å². The Morgan fingerprint density at radius 2 is 2.17 bits per heavy atom. The molecule has 0 aromatic heterocycles. The van der Waals surface area contributed by atoms with Crippen LogP contribution in [0.5, 0.6) is 0 Å². The van der Waals surface area contributed by atoms with Crippen LogP contribution in [0.2, 0.25) is 0 Å². The summed E-state index contributed by atoms with van der Waals surface area (Å²) < 4.78 is 0. The maximum atomic E-state index is 12.1. The Labute approximate surface area is 139 Å². The SMILES string of the molecule is C=C(C)N/N=C1\NC(=O)[C@H](CC(=O)Nc2ccc(C)cc2C)S1. The fraction of sp³-hybridized carbons (Fsp3) is 0.312. The zero-order valence-corrected chi connectivity index (χ0v) is 14.2. The van der Waals surface area contributed by atoms with E-state index in [1.54, 1.807) is 6.92 Å². The third-order valence-electron chi connectivity index (χ3n) is 3.15. The molecule has 0 aliphatic carbocycles. The summed E-state index contributed by atoms with van der Waals surface area (Å²) in [6.45, 7) is 9.36. The number of carbonyl (C=O) groups excluding carboxylic acids is 2. The fourth-order valence-corrected chi connectivity index (χ4v) is 2.99. The van der Waals surface area contributed by atoms with Crippen LogP contribution in [0.15, 0.2) is 35.6 Å². The van der Waals surface area contributed by atoms with Crippen LogP contribution in [0.1, 0.15) is 24.5 Å². The second-order valence-electron chi connectivity index (χ2n) is 5.48. The van der Waals surface area contributed by atoms with Gasteiger partial charge in [-0.15, -0.1) is 0 Å². The molecule has 1 aromatic rings. The number of aryl methyl sites for hydroxylation is 2. The monoisotopic (exact) mass is 332 g/mol. The van der Waals surface area contributed by atoms with Crippen molar-refractivity contribution < 1.29 is 9.59 Å². The molecular formula is C16H20N4O2S. The van der Waals surface area contributed by atoms with E-state index in [1.807, 2.05) is 32.0 Å². The van der Waals surface area contributed by atoms with E-state index in [2.05, 4.69) is 27.7 Å². The highest BCUT2D eigenvalue weighted by molar-refractivity contribution is 8.15. The molecule has 1 atom stereocenters. The Hall–Kier alpha value is -2.28. The number of allylic oxidation sites excluding steroid dienone is 1. The molecular weight excluding hydrogens is 312 g/mol. The molecule has 23 heavy (non-hydrogen) atoms. The molecule has 122 valence electrons. The highest BCUT2D eigenvalue weighted by Gasteiger charge is 2.32. The first-order valence-corrected chi connectivity index (χ1v) is 8.07. The van der Waals surface area contributed by atoms with E-state index in [-0.39, 0.29) is 18.2 Å². The van der Waals surface area contributed by atoms with Gasteiger partial charge < -0.3 is 10.6 Å². The molecule has 1 saturated heterocycles. The van der Waals surface area contributed by atoms with Gasteiger partial charge in [-0.25, -0.2) is 0 Å². The lowest BCUT2D eigenvalue weighted by Gasteiger charge is -2.10. The van der Waals surface area contributed by atoms with Crippen LogP contribution >= 0.6 is 11.8 Å². The number of hydrogen-bond donors (Lipinski definition) is 3. The zero-order chi connectivity index (χ0) is 17.0. The second kappa shape index (κ2) is 7.32. The molecule has 1 aliphatic rings. The molecule has 6 nitrogen and oxygen atoms in total. The van der Waals surface area contributed by atoms with E-state index in [4.69, 9.17) is 0 Å². The third-order valence-corrected chi connectivity index (χ3v) is 4.23. The first-order chi connectivity index (χ1) is 10.8. The molecule has 2 rings (SSSR count). The van der Waals surface area contributed by atoms with E-state index in [0.717, 1.165) is 16.8 Å². The quantitative estimate of drug-likeness (QED) is 0.722. The number of thioether (sulfide) groups is 1. The van der Waals surface area contributed by atoms with Crippen LogP contribution < -0.4 is 16.1 Å². The number of amidine groups is 1. The Morgan fingerprint density at radius 3 is 2.83 bits per heavy atom. The first kappa shape index (κ1) is 17.1. The summed E-state index contributed by atoms with van der Waals surface area (Å²) in [5, 5.41) is 9.46. The summed E-state index contributed by atoms with van der Waals surface area (Å²) >= 11 is 1.23. The number of rotatable bonds is 5.